The molecule has 0 saturated heterocycles. The lowest BCUT2D eigenvalue weighted by Crippen LogP contribution is -2.60. The minimum absolute atomic E-state index is 0.115. The maximum Gasteiger partial charge on any atom is 0.302 e. The molecule has 6 atom stereocenters. The normalized spacial score (nSPS) is 43.9. The molecule has 0 aromatic rings. The number of rotatable bonds is 3. The SMILES string of the molecule is C=CC1=C(C)C2CC(O)C3C(C)(COC(C)=O)CCCC3(C)C2CC1. The summed E-state index contributed by atoms with van der Waals surface area (Å²) in [6, 6.07) is 0. The van der Waals surface area contributed by atoms with E-state index in [1.165, 1.54) is 30.9 Å². The quantitative estimate of drug-likeness (QED) is 0.756. The van der Waals surface area contributed by atoms with E-state index in [1.807, 2.05) is 6.08 Å². The number of carbonyl (C=O) groups is 1. The summed E-state index contributed by atoms with van der Waals surface area (Å²) in [5, 5.41) is 11.2. The molecule has 140 valence electrons. The highest BCUT2D eigenvalue weighted by Crippen LogP contribution is 2.64. The van der Waals surface area contributed by atoms with Crippen molar-refractivity contribution >= 4 is 5.97 Å². The van der Waals surface area contributed by atoms with E-state index < -0.39 is 0 Å². The van der Waals surface area contributed by atoms with Crippen molar-refractivity contribution in [2.45, 2.75) is 72.3 Å². The van der Waals surface area contributed by atoms with Gasteiger partial charge in [0.25, 0.3) is 0 Å². The van der Waals surface area contributed by atoms with Gasteiger partial charge in [-0.2, -0.15) is 0 Å². The molecule has 2 saturated carbocycles. The van der Waals surface area contributed by atoms with Crippen molar-refractivity contribution in [2.24, 2.45) is 28.6 Å². The lowest BCUT2D eigenvalue weighted by Gasteiger charge is -2.62. The van der Waals surface area contributed by atoms with E-state index in [0.29, 0.717) is 18.4 Å². The summed E-state index contributed by atoms with van der Waals surface area (Å²) in [5.41, 5.74) is 2.81. The monoisotopic (exact) mass is 346 g/mol. The average molecular weight is 347 g/mol. The van der Waals surface area contributed by atoms with Gasteiger partial charge in [0.2, 0.25) is 0 Å². The third-order valence-corrected chi connectivity index (χ3v) is 7.78. The molecule has 2 fully saturated rings. The number of aliphatic hydroxyl groups is 1. The summed E-state index contributed by atoms with van der Waals surface area (Å²) in [5.74, 6) is 1.06. The Morgan fingerprint density at radius 1 is 1.40 bits per heavy atom. The molecule has 3 nitrogen and oxygen atoms in total. The molecule has 3 aliphatic rings. The lowest BCUT2D eigenvalue weighted by atomic mass is 9.43. The molecule has 0 bridgehead atoms. The third kappa shape index (κ3) is 2.99. The smallest absolute Gasteiger partial charge is 0.302 e. The van der Waals surface area contributed by atoms with Crippen molar-refractivity contribution < 1.29 is 14.6 Å². The van der Waals surface area contributed by atoms with Crippen LogP contribution in [0.5, 0.6) is 0 Å². The van der Waals surface area contributed by atoms with Crippen molar-refractivity contribution in [1.29, 1.82) is 0 Å². The molecule has 25 heavy (non-hydrogen) atoms. The van der Waals surface area contributed by atoms with Crippen LogP contribution in [0, 0.1) is 28.6 Å². The summed E-state index contributed by atoms with van der Waals surface area (Å²) < 4.78 is 5.45. The number of fused-ring (bicyclic) bond motifs is 3. The van der Waals surface area contributed by atoms with Crippen LogP contribution in [0.15, 0.2) is 23.8 Å². The van der Waals surface area contributed by atoms with Crippen LogP contribution in [0.1, 0.15) is 66.2 Å². The summed E-state index contributed by atoms with van der Waals surface area (Å²) >= 11 is 0. The summed E-state index contributed by atoms with van der Waals surface area (Å²) in [7, 11) is 0. The molecular formula is C22H34O3. The van der Waals surface area contributed by atoms with Gasteiger partial charge in [-0.05, 0) is 67.8 Å². The summed E-state index contributed by atoms with van der Waals surface area (Å²) in [6.45, 7) is 12.8. The standard InChI is InChI=1S/C22H34O3/c1-6-16-8-9-18-17(14(16)2)12-19(24)20-21(4,13-25-15(3)23)10-7-11-22(18,20)5/h6,17-20,24H,1,7-13H2,2-5H3. The van der Waals surface area contributed by atoms with Gasteiger partial charge in [0, 0.05) is 12.3 Å². The average Bonchev–Trinajstić information content (AvgIpc) is 2.54. The fraction of sp³-hybridized carbons (Fsp3) is 0.773. The first-order valence-electron chi connectivity index (χ1n) is 9.86. The van der Waals surface area contributed by atoms with Crippen LogP contribution in [0.3, 0.4) is 0 Å². The van der Waals surface area contributed by atoms with Gasteiger partial charge in [-0.3, -0.25) is 4.79 Å². The minimum atomic E-state index is -0.328. The highest BCUT2D eigenvalue weighted by Gasteiger charge is 2.60. The Kier molecular flexibility index (Phi) is 4.91. The van der Waals surface area contributed by atoms with Crippen LogP contribution < -0.4 is 0 Å². The number of ether oxygens (including phenoxy) is 1. The van der Waals surface area contributed by atoms with Crippen molar-refractivity contribution in [1.82, 2.24) is 0 Å². The Morgan fingerprint density at radius 3 is 2.76 bits per heavy atom. The van der Waals surface area contributed by atoms with Crippen LogP contribution in [0.2, 0.25) is 0 Å². The maximum atomic E-state index is 11.4. The first-order chi connectivity index (χ1) is 11.7. The van der Waals surface area contributed by atoms with Gasteiger partial charge in [-0.1, -0.05) is 38.5 Å². The zero-order valence-corrected chi connectivity index (χ0v) is 16.3. The van der Waals surface area contributed by atoms with Crippen LogP contribution >= 0.6 is 0 Å². The Morgan fingerprint density at radius 2 is 2.12 bits per heavy atom. The van der Waals surface area contributed by atoms with Gasteiger partial charge >= 0.3 is 5.97 Å². The van der Waals surface area contributed by atoms with Gasteiger partial charge in [0.05, 0.1) is 12.7 Å². The van der Waals surface area contributed by atoms with E-state index in [2.05, 4.69) is 27.4 Å². The van der Waals surface area contributed by atoms with E-state index in [0.717, 1.165) is 25.7 Å². The molecule has 6 unspecified atom stereocenters. The Hall–Kier alpha value is -1.09. The molecule has 3 rings (SSSR count). The Balaban J connectivity index is 1.95. The fourth-order valence-corrected chi connectivity index (χ4v) is 6.77. The molecule has 0 heterocycles. The predicted molar refractivity (Wildman–Crippen MR) is 99.9 cm³/mol. The molecule has 0 aliphatic heterocycles. The highest BCUT2D eigenvalue weighted by molar-refractivity contribution is 5.65. The first kappa shape index (κ1) is 18.7. The van der Waals surface area contributed by atoms with Crippen LogP contribution in [-0.2, 0) is 9.53 Å². The van der Waals surface area contributed by atoms with Crippen LogP contribution in [0.4, 0.5) is 0 Å². The second kappa shape index (κ2) is 6.57. The zero-order valence-electron chi connectivity index (χ0n) is 16.3. The molecule has 0 radical (unpaired) electrons. The fourth-order valence-electron chi connectivity index (χ4n) is 6.77. The number of allylic oxidation sites excluding steroid dienone is 3. The van der Waals surface area contributed by atoms with Gasteiger partial charge in [0.1, 0.15) is 0 Å². The molecule has 0 aromatic carbocycles. The molecule has 3 heteroatoms. The number of hydrogen-bond donors (Lipinski definition) is 1. The molecule has 3 aliphatic carbocycles. The first-order valence-corrected chi connectivity index (χ1v) is 9.86. The van der Waals surface area contributed by atoms with Crippen molar-refractivity contribution in [3.63, 3.8) is 0 Å². The van der Waals surface area contributed by atoms with E-state index >= 15 is 0 Å². The minimum Gasteiger partial charge on any atom is -0.465 e. The predicted octanol–water partition coefficient (Wildman–Crippen LogP) is 4.66. The molecular weight excluding hydrogens is 312 g/mol. The van der Waals surface area contributed by atoms with Crippen LogP contribution in [0.25, 0.3) is 0 Å². The summed E-state index contributed by atoms with van der Waals surface area (Å²) in [4.78, 5) is 11.4. The van der Waals surface area contributed by atoms with Gasteiger partial charge in [0.15, 0.2) is 0 Å². The van der Waals surface area contributed by atoms with E-state index in [1.54, 1.807) is 0 Å². The van der Waals surface area contributed by atoms with E-state index in [4.69, 9.17) is 4.74 Å². The zero-order chi connectivity index (χ0) is 18.4. The van der Waals surface area contributed by atoms with Gasteiger partial charge in [-0.25, -0.2) is 0 Å². The Labute approximate surface area is 152 Å². The number of esters is 1. The molecule has 0 amide bonds. The van der Waals surface area contributed by atoms with Crippen molar-refractivity contribution in [3.8, 4) is 0 Å². The number of hydrogen-bond acceptors (Lipinski definition) is 3. The second-order valence-corrected chi connectivity index (χ2v) is 9.24. The number of carbonyl (C=O) groups excluding carboxylic acids is 1. The molecule has 1 N–H and O–H groups in total. The van der Waals surface area contributed by atoms with Gasteiger partial charge in [-0.15, -0.1) is 0 Å². The number of aliphatic hydroxyl groups excluding tert-OH is 1. The molecule has 0 aromatic heterocycles. The van der Waals surface area contributed by atoms with E-state index in [-0.39, 0.29) is 28.8 Å². The van der Waals surface area contributed by atoms with Crippen molar-refractivity contribution in [2.75, 3.05) is 6.61 Å². The molecule has 0 spiro atoms. The third-order valence-electron chi connectivity index (χ3n) is 7.78. The topological polar surface area (TPSA) is 46.5 Å². The Bertz CT molecular complexity index is 592. The van der Waals surface area contributed by atoms with Gasteiger partial charge < -0.3 is 9.84 Å². The lowest BCUT2D eigenvalue weighted by molar-refractivity contribution is -0.183. The van der Waals surface area contributed by atoms with Crippen LogP contribution in [-0.4, -0.2) is 23.8 Å². The largest absolute Gasteiger partial charge is 0.465 e. The second-order valence-electron chi connectivity index (χ2n) is 9.24. The van der Waals surface area contributed by atoms with E-state index in [9.17, 15) is 9.90 Å². The maximum absolute atomic E-state index is 11.4. The highest BCUT2D eigenvalue weighted by atomic mass is 16.5. The summed E-state index contributed by atoms with van der Waals surface area (Å²) in [6.07, 6.45) is 8.16. The van der Waals surface area contributed by atoms with Crippen molar-refractivity contribution in [3.05, 3.63) is 23.8 Å².